The first-order valence-corrected chi connectivity index (χ1v) is 14.8. The summed E-state index contributed by atoms with van der Waals surface area (Å²) in [6.07, 6.45) is -2.51. The Labute approximate surface area is 253 Å². The van der Waals surface area contributed by atoms with E-state index in [1.54, 1.807) is 28.9 Å². The second-order valence-corrected chi connectivity index (χ2v) is 11.2. The van der Waals surface area contributed by atoms with E-state index in [1.807, 2.05) is 6.92 Å². The van der Waals surface area contributed by atoms with Crippen molar-refractivity contribution in [3.05, 3.63) is 76.0 Å². The second kappa shape index (κ2) is 13.9. The van der Waals surface area contributed by atoms with E-state index in [9.17, 15) is 31.1 Å². The molecule has 4 rings (SSSR count). The van der Waals surface area contributed by atoms with E-state index >= 15 is 0 Å². The van der Waals surface area contributed by atoms with Crippen LogP contribution in [0.2, 0.25) is 0 Å². The normalized spacial score (nSPS) is 13.5. The summed E-state index contributed by atoms with van der Waals surface area (Å²) in [6, 6.07) is 7.70. The summed E-state index contributed by atoms with van der Waals surface area (Å²) in [5, 5.41) is 4.45. The Kier molecular flexibility index (Phi) is 10.5. The van der Waals surface area contributed by atoms with Gasteiger partial charge in [-0.25, -0.2) is 0 Å². The Morgan fingerprint density at radius 2 is 1.55 bits per heavy atom. The molecule has 12 heteroatoms. The highest BCUT2D eigenvalue weighted by Crippen LogP contribution is 2.37. The Morgan fingerprint density at radius 1 is 0.909 bits per heavy atom. The zero-order valence-electron chi connectivity index (χ0n) is 25.2. The van der Waals surface area contributed by atoms with Crippen molar-refractivity contribution in [1.29, 1.82) is 0 Å². The van der Waals surface area contributed by atoms with E-state index in [2.05, 4.69) is 22.1 Å². The molecule has 1 aromatic heterocycles. The molecule has 0 saturated heterocycles. The average Bonchev–Trinajstić information content (AvgIpc) is 3.41. The number of esters is 1. The fraction of sp³-hybridized carbons (Fsp3) is 0.500. The fourth-order valence-electron chi connectivity index (χ4n) is 5.69. The van der Waals surface area contributed by atoms with E-state index in [0.717, 1.165) is 55.5 Å². The maximum atomic E-state index is 13.7. The molecule has 1 aliphatic carbocycles. The summed E-state index contributed by atoms with van der Waals surface area (Å²) >= 11 is 0. The number of carbonyl (C=O) groups is 1. The van der Waals surface area contributed by atoms with Gasteiger partial charge in [0, 0.05) is 57.6 Å². The van der Waals surface area contributed by atoms with Crippen molar-refractivity contribution in [2.45, 2.75) is 77.3 Å². The molecule has 0 aliphatic heterocycles. The van der Waals surface area contributed by atoms with E-state index in [-0.39, 0.29) is 30.7 Å². The van der Waals surface area contributed by atoms with Crippen molar-refractivity contribution >= 4 is 17.5 Å². The molecule has 0 N–H and O–H groups in total. The minimum atomic E-state index is -4.94. The van der Waals surface area contributed by atoms with Gasteiger partial charge in [-0.05, 0) is 92.0 Å². The molecule has 0 atom stereocenters. The van der Waals surface area contributed by atoms with Gasteiger partial charge >= 0.3 is 18.3 Å². The smallest absolute Gasteiger partial charge is 0.416 e. The minimum Gasteiger partial charge on any atom is -0.469 e. The van der Waals surface area contributed by atoms with Gasteiger partial charge in [0.05, 0.1) is 18.2 Å². The van der Waals surface area contributed by atoms with Crippen molar-refractivity contribution in [2.75, 3.05) is 30.0 Å². The fourth-order valence-corrected chi connectivity index (χ4v) is 5.69. The molecular weight excluding hydrogens is 586 g/mol. The molecule has 0 saturated carbocycles. The van der Waals surface area contributed by atoms with Crippen molar-refractivity contribution in [3.8, 4) is 0 Å². The van der Waals surface area contributed by atoms with E-state index < -0.39 is 23.5 Å². The van der Waals surface area contributed by atoms with Crippen LogP contribution < -0.4 is 9.80 Å². The summed E-state index contributed by atoms with van der Waals surface area (Å²) in [6.45, 7) is 3.38. The molecule has 0 bridgehead atoms. The number of alkyl halides is 6. The van der Waals surface area contributed by atoms with Gasteiger partial charge in [-0.15, -0.1) is 0 Å². The first kappa shape index (κ1) is 33.2. The quantitative estimate of drug-likeness (QED) is 0.117. The number of hydrogen-bond donors (Lipinski definition) is 0. The van der Waals surface area contributed by atoms with Gasteiger partial charge in [0.1, 0.15) is 0 Å². The van der Waals surface area contributed by atoms with Crippen LogP contribution in [0.25, 0.3) is 0 Å². The molecule has 1 aliphatic rings. The maximum absolute atomic E-state index is 13.7. The number of fused-ring (bicyclic) bond motifs is 1. The Balaban J connectivity index is 1.72. The van der Waals surface area contributed by atoms with E-state index in [4.69, 9.17) is 4.74 Å². The van der Waals surface area contributed by atoms with Crippen LogP contribution in [0, 0.1) is 0 Å². The van der Waals surface area contributed by atoms with Crippen LogP contribution >= 0.6 is 0 Å². The molecule has 3 aromatic rings. The number of hydrogen-bond acceptors (Lipinski definition) is 5. The van der Waals surface area contributed by atoms with Crippen LogP contribution in [-0.4, -0.2) is 35.9 Å². The number of halogens is 6. The number of methoxy groups -OCH3 is 1. The first-order chi connectivity index (χ1) is 20.8. The van der Waals surface area contributed by atoms with Gasteiger partial charge in [0.2, 0.25) is 0 Å². The number of benzene rings is 2. The van der Waals surface area contributed by atoms with Gasteiger partial charge < -0.3 is 14.5 Å². The van der Waals surface area contributed by atoms with Crippen molar-refractivity contribution in [2.24, 2.45) is 7.05 Å². The van der Waals surface area contributed by atoms with Crippen LogP contribution in [-0.2, 0) is 54.9 Å². The van der Waals surface area contributed by atoms with Crippen molar-refractivity contribution in [1.82, 2.24) is 9.78 Å². The second-order valence-electron chi connectivity index (χ2n) is 11.2. The van der Waals surface area contributed by atoms with Gasteiger partial charge in [0.15, 0.2) is 5.82 Å². The van der Waals surface area contributed by atoms with Gasteiger partial charge in [-0.2, -0.15) is 31.4 Å². The van der Waals surface area contributed by atoms with Gasteiger partial charge in [-0.3, -0.25) is 9.48 Å². The molecular formula is C32H38F6N4O2. The summed E-state index contributed by atoms with van der Waals surface area (Å²) < 4.78 is 88.2. The van der Waals surface area contributed by atoms with Crippen molar-refractivity contribution < 1.29 is 35.9 Å². The number of anilines is 2. The summed E-state index contributed by atoms with van der Waals surface area (Å²) in [7, 11) is 3.06. The lowest BCUT2D eigenvalue weighted by atomic mass is 9.89. The third-order valence-corrected chi connectivity index (χ3v) is 7.96. The highest BCUT2D eigenvalue weighted by atomic mass is 19.4. The van der Waals surface area contributed by atoms with Crippen LogP contribution in [0.5, 0.6) is 0 Å². The molecule has 6 nitrogen and oxygen atoms in total. The molecule has 0 fully saturated rings. The predicted octanol–water partition coefficient (Wildman–Crippen LogP) is 7.71. The third-order valence-electron chi connectivity index (χ3n) is 7.96. The summed E-state index contributed by atoms with van der Waals surface area (Å²) in [4.78, 5) is 15.5. The zero-order valence-corrected chi connectivity index (χ0v) is 25.2. The number of aryl methyl sites for hydroxylation is 3. The predicted molar refractivity (Wildman–Crippen MR) is 156 cm³/mol. The highest BCUT2D eigenvalue weighted by Gasteiger charge is 2.37. The van der Waals surface area contributed by atoms with Gasteiger partial charge in [-0.1, -0.05) is 6.07 Å². The average molecular weight is 625 g/mol. The highest BCUT2D eigenvalue weighted by molar-refractivity contribution is 5.69. The molecule has 44 heavy (non-hydrogen) atoms. The van der Waals surface area contributed by atoms with E-state index in [1.165, 1.54) is 18.2 Å². The SMILES string of the molecule is CCN(CCCCC(=O)OC)c1cc2c(cc1CN(Cc1cc(C(F)(F)F)cc(C(F)(F)F)c1)c1ccn(C)n1)CCCC2. The third kappa shape index (κ3) is 8.47. The summed E-state index contributed by atoms with van der Waals surface area (Å²) in [5.41, 5.74) is 1.52. The van der Waals surface area contributed by atoms with E-state index in [0.29, 0.717) is 31.7 Å². The number of ether oxygens (including phenoxy) is 1. The minimum absolute atomic E-state index is 0.118. The monoisotopic (exact) mass is 624 g/mol. The molecule has 0 amide bonds. The van der Waals surface area contributed by atoms with Gasteiger partial charge in [0.25, 0.3) is 0 Å². The van der Waals surface area contributed by atoms with Crippen molar-refractivity contribution in [3.63, 3.8) is 0 Å². The molecule has 0 unspecified atom stereocenters. The molecule has 1 heterocycles. The number of rotatable bonds is 12. The molecule has 2 aromatic carbocycles. The Bertz CT molecular complexity index is 1400. The molecule has 240 valence electrons. The zero-order chi connectivity index (χ0) is 32.1. The van der Waals surface area contributed by atoms with Crippen LogP contribution in [0.3, 0.4) is 0 Å². The topological polar surface area (TPSA) is 50.6 Å². The Hall–Kier alpha value is -3.70. The number of aromatic nitrogens is 2. The number of carbonyl (C=O) groups excluding carboxylic acids is 1. The lowest BCUT2D eigenvalue weighted by molar-refractivity contribution is -0.143. The standard InChI is InChI=1S/C32H38F6N4O2/c1-4-41(13-8-7-11-30(43)44-3)28-18-24-10-6-5-9-23(24)17-25(28)21-42(29-12-14-40(2)39-29)20-22-15-26(31(33,34)35)19-27(16-22)32(36,37)38/h12,14-19H,4-11,13,20-21H2,1-3H3. The first-order valence-electron chi connectivity index (χ1n) is 14.8. The summed E-state index contributed by atoms with van der Waals surface area (Å²) in [5.74, 6) is 0.167. The lowest BCUT2D eigenvalue weighted by Gasteiger charge is -2.31. The number of unbranched alkanes of at least 4 members (excludes halogenated alkanes) is 1. The maximum Gasteiger partial charge on any atom is 0.416 e. The molecule has 0 spiro atoms. The van der Waals surface area contributed by atoms with Crippen LogP contribution in [0.4, 0.5) is 37.8 Å². The lowest BCUT2D eigenvalue weighted by Crippen LogP contribution is -2.29. The van der Waals surface area contributed by atoms with Crippen LogP contribution in [0.1, 0.15) is 72.4 Å². The Morgan fingerprint density at radius 3 is 2.09 bits per heavy atom. The van der Waals surface area contributed by atoms with Crippen LogP contribution in [0.15, 0.2) is 42.6 Å². The largest absolute Gasteiger partial charge is 0.469 e. The number of nitrogens with zero attached hydrogens (tertiary/aromatic N) is 4. The molecule has 0 radical (unpaired) electrons.